The number of rotatable bonds is 5. The van der Waals surface area contributed by atoms with Crippen LogP contribution in [0.1, 0.15) is 16.7 Å². The fourth-order valence-corrected chi connectivity index (χ4v) is 4.03. The lowest BCUT2D eigenvalue weighted by Gasteiger charge is -2.09. The molecule has 0 N–H and O–H groups in total. The Balaban J connectivity index is 1.65. The van der Waals surface area contributed by atoms with Gasteiger partial charge in [-0.05, 0) is 54.8 Å². The summed E-state index contributed by atoms with van der Waals surface area (Å²) in [5.74, 6) is 1.53. The van der Waals surface area contributed by atoms with Gasteiger partial charge in [-0.2, -0.15) is 0 Å². The lowest BCUT2D eigenvalue weighted by molar-refractivity contribution is 0.414. The van der Waals surface area contributed by atoms with Crippen molar-refractivity contribution in [2.24, 2.45) is 0 Å². The molecule has 2 heterocycles. The van der Waals surface area contributed by atoms with E-state index < -0.39 is 0 Å². The standard InChI is InChI=1S/C21H20N4O2S/c1-14-9-15(2)11-17(10-14)24-7-8-25-19(20(24)26)22-23-21(25)28-13-16-5-4-6-18(12-16)27-3/h4-12H,13H2,1-3H3. The smallest absolute Gasteiger partial charge is 0.300 e. The van der Waals surface area contributed by atoms with Crippen LogP contribution in [-0.4, -0.2) is 26.3 Å². The molecule has 4 rings (SSSR count). The van der Waals surface area contributed by atoms with Crippen LogP contribution in [0.2, 0.25) is 0 Å². The first-order chi connectivity index (χ1) is 13.5. The number of hydrogen-bond donors (Lipinski definition) is 0. The summed E-state index contributed by atoms with van der Waals surface area (Å²) >= 11 is 1.53. The van der Waals surface area contributed by atoms with Crippen molar-refractivity contribution in [1.82, 2.24) is 19.2 Å². The molecule has 28 heavy (non-hydrogen) atoms. The van der Waals surface area contributed by atoms with Crippen molar-refractivity contribution in [3.63, 3.8) is 0 Å². The molecule has 0 aliphatic rings. The molecule has 0 amide bonds. The van der Waals surface area contributed by atoms with Crippen LogP contribution in [0.3, 0.4) is 0 Å². The predicted octanol–water partition coefficient (Wildman–Crippen LogP) is 3.80. The molecule has 0 radical (unpaired) electrons. The first-order valence-corrected chi connectivity index (χ1v) is 9.84. The Kier molecular flexibility index (Phi) is 4.92. The van der Waals surface area contributed by atoms with Crippen LogP contribution in [0.4, 0.5) is 0 Å². The number of thioether (sulfide) groups is 1. The van der Waals surface area contributed by atoms with Gasteiger partial charge in [-0.1, -0.05) is 30.0 Å². The van der Waals surface area contributed by atoms with E-state index in [1.54, 1.807) is 22.3 Å². The van der Waals surface area contributed by atoms with Crippen LogP contribution in [-0.2, 0) is 5.75 Å². The SMILES string of the molecule is COc1cccc(CSc2nnc3c(=O)n(-c4cc(C)cc(C)c4)ccn23)c1. The molecule has 2 aromatic heterocycles. The van der Waals surface area contributed by atoms with Gasteiger partial charge in [0.1, 0.15) is 5.75 Å². The van der Waals surface area contributed by atoms with Crippen LogP contribution in [0, 0.1) is 13.8 Å². The molecular weight excluding hydrogens is 372 g/mol. The Morgan fingerprint density at radius 2 is 1.82 bits per heavy atom. The van der Waals surface area contributed by atoms with E-state index >= 15 is 0 Å². The Hall–Kier alpha value is -3.06. The zero-order valence-corrected chi connectivity index (χ0v) is 16.7. The minimum Gasteiger partial charge on any atom is -0.497 e. The summed E-state index contributed by atoms with van der Waals surface area (Å²) in [6, 6.07) is 13.9. The first kappa shape index (κ1) is 18.3. The fraction of sp³-hybridized carbons (Fsp3) is 0.190. The number of hydrogen-bond acceptors (Lipinski definition) is 5. The second-order valence-electron chi connectivity index (χ2n) is 6.64. The van der Waals surface area contributed by atoms with Gasteiger partial charge < -0.3 is 4.74 Å². The van der Waals surface area contributed by atoms with Gasteiger partial charge in [0.25, 0.3) is 0 Å². The highest BCUT2D eigenvalue weighted by Gasteiger charge is 2.12. The highest BCUT2D eigenvalue weighted by atomic mass is 32.2. The van der Waals surface area contributed by atoms with Crippen molar-refractivity contribution >= 4 is 17.4 Å². The largest absolute Gasteiger partial charge is 0.497 e. The topological polar surface area (TPSA) is 61.4 Å². The molecule has 2 aromatic carbocycles. The van der Waals surface area contributed by atoms with Crippen LogP contribution < -0.4 is 10.3 Å². The molecular formula is C21H20N4O2S. The van der Waals surface area contributed by atoms with Gasteiger partial charge in [-0.25, -0.2) is 0 Å². The summed E-state index contributed by atoms with van der Waals surface area (Å²) in [4.78, 5) is 12.9. The van der Waals surface area contributed by atoms with Crippen LogP contribution in [0.15, 0.2) is 64.8 Å². The van der Waals surface area contributed by atoms with Crippen molar-refractivity contribution < 1.29 is 4.74 Å². The van der Waals surface area contributed by atoms with Gasteiger partial charge in [-0.3, -0.25) is 13.8 Å². The minimum absolute atomic E-state index is 0.187. The highest BCUT2D eigenvalue weighted by Crippen LogP contribution is 2.23. The number of methoxy groups -OCH3 is 1. The van der Waals surface area contributed by atoms with Crippen LogP contribution >= 0.6 is 11.8 Å². The van der Waals surface area contributed by atoms with Gasteiger partial charge >= 0.3 is 5.56 Å². The minimum atomic E-state index is -0.187. The summed E-state index contributed by atoms with van der Waals surface area (Å²) in [5.41, 5.74) is 4.29. The maximum atomic E-state index is 12.9. The molecule has 0 unspecified atom stereocenters. The molecule has 0 atom stereocenters. The average molecular weight is 392 g/mol. The number of aryl methyl sites for hydroxylation is 2. The zero-order valence-electron chi connectivity index (χ0n) is 15.9. The monoisotopic (exact) mass is 392 g/mol. The van der Waals surface area contributed by atoms with Crippen molar-refractivity contribution in [1.29, 1.82) is 0 Å². The molecule has 0 aliphatic heterocycles. The van der Waals surface area contributed by atoms with Gasteiger partial charge in [0, 0.05) is 23.8 Å². The van der Waals surface area contributed by atoms with E-state index in [-0.39, 0.29) is 5.56 Å². The van der Waals surface area contributed by atoms with Crippen molar-refractivity contribution in [2.75, 3.05) is 7.11 Å². The number of benzene rings is 2. The van der Waals surface area contributed by atoms with Gasteiger partial charge in [0.05, 0.1) is 7.11 Å². The normalized spacial score (nSPS) is 11.1. The lowest BCUT2D eigenvalue weighted by atomic mass is 10.1. The predicted molar refractivity (Wildman–Crippen MR) is 111 cm³/mol. The van der Waals surface area contributed by atoms with E-state index in [0.29, 0.717) is 16.6 Å². The third kappa shape index (κ3) is 3.53. The van der Waals surface area contributed by atoms with Crippen molar-refractivity contribution in [3.8, 4) is 11.4 Å². The van der Waals surface area contributed by atoms with Crippen molar-refractivity contribution in [2.45, 2.75) is 24.8 Å². The van der Waals surface area contributed by atoms with Gasteiger partial charge in [0.15, 0.2) is 5.16 Å². The molecule has 0 fully saturated rings. The van der Waals surface area contributed by atoms with E-state index in [4.69, 9.17) is 4.74 Å². The lowest BCUT2D eigenvalue weighted by Crippen LogP contribution is -2.20. The fourth-order valence-electron chi connectivity index (χ4n) is 3.17. The van der Waals surface area contributed by atoms with Gasteiger partial charge in [-0.15, -0.1) is 10.2 Å². The molecule has 0 saturated carbocycles. The maximum Gasteiger partial charge on any atom is 0.300 e. The molecule has 142 valence electrons. The molecule has 0 aliphatic carbocycles. The van der Waals surface area contributed by atoms with Gasteiger partial charge in [0.2, 0.25) is 5.65 Å². The molecule has 7 heteroatoms. The van der Waals surface area contributed by atoms with Crippen molar-refractivity contribution in [3.05, 3.63) is 81.9 Å². The molecule has 4 aromatic rings. The third-order valence-electron chi connectivity index (χ3n) is 4.43. The third-order valence-corrected chi connectivity index (χ3v) is 5.44. The highest BCUT2D eigenvalue weighted by molar-refractivity contribution is 7.98. The quantitative estimate of drug-likeness (QED) is 0.484. The average Bonchev–Trinajstić information content (AvgIpc) is 3.10. The maximum absolute atomic E-state index is 12.9. The Bertz CT molecular complexity index is 1190. The summed E-state index contributed by atoms with van der Waals surface area (Å²) < 4.78 is 8.62. The summed E-state index contributed by atoms with van der Waals surface area (Å²) in [6.45, 7) is 4.04. The van der Waals surface area contributed by atoms with E-state index in [2.05, 4.69) is 16.3 Å². The number of nitrogens with zero attached hydrogens (tertiary/aromatic N) is 4. The molecule has 0 saturated heterocycles. The first-order valence-electron chi connectivity index (χ1n) is 8.86. The Morgan fingerprint density at radius 3 is 2.57 bits per heavy atom. The summed E-state index contributed by atoms with van der Waals surface area (Å²) in [6.07, 6.45) is 3.60. The second-order valence-corrected chi connectivity index (χ2v) is 7.58. The Labute approximate surface area is 166 Å². The Morgan fingerprint density at radius 1 is 1.04 bits per heavy atom. The summed E-state index contributed by atoms with van der Waals surface area (Å²) in [7, 11) is 1.65. The van der Waals surface area contributed by atoms with E-state index in [9.17, 15) is 4.79 Å². The number of fused-ring (bicyclic) bond motifs is 1. The van der Waals surface area contributed by atoms with Crippen LogP contribution in [0.5, 0.6) is 5.75 Å². The molecule has 6 nitrogen and oxygen atoms in total. The van der Waals surface area contributed by atoms with E-state index in [1.807, 2.05) is 56.4 Å². The number of aromatic nitrogens is 4. The van der Waals surface area contributed by atoms with Crippen LogP contribution in [0.25, 0.3) is 11.3 Å². The van der Waals surface area contributed by atoms with E-state index in [0.717, 1.165) is 28.1 Å². The summed E-state index contributed by atoms with van der Waals surface area (Å²) in [5, 5.41) is 9.03. The molecule has 0 bridgehead atoms. The zero-order chi connectivity index (χ0) is 19.7. The second kappa shape index (κ2) is 7.52. The van der Waals surface area contributed by atoms with E-state index in [1.165, 1.54) is 11.8 Å². The number of ether oxygens (including phenoxy) is 1. The molecule has 0 spiro atoms.